The SMILES string of the molecule is Cc1ccc(C(=O)Nc2cc(Br)ccc2N2CCOCC2)cc1F. The third-order valence-corrected chi connectivity index (χ3v) is 4.49. The van der Waals surface area contributed by atoms with Crippen molar-refractivity contribution in [2.24, 2.45) is 0 Å². The topological polar surface area (TPSA) is 41.6 Å². The highest BCUT2D eigenvalue weighted by atomic mass is 79.9. The number of carbonyl (C=O) groups excluding carboxylic acids is 1. The maximum atomic E-state index is 13.7. The molecule has 0 saturated carbocycles. The van der Waals surface area contributed by atoms with E-state index in [0.29, 0.717) is 30.0 Å². The second-order valence-corrected chi connectivity index (χ2v) is 6.59. The van der Waals surface area contributed by atoms with Gasteiger partial charge in [-0.15, -0.1) is 0 Å². The molecule has 1 aliphatic heterocycles. The molecule has 0 bridgehead atoms. The van der Waals surface area contributed by atoms with E-state index in [1.54, 1.807) is 19.1 Å². The van der Waals surface area contributed by atoms with E-state index in [1.165, 1.54) is 6.07 Å². The molecule has 126 valence electrons. The summed E-state index contributed by atoms with van der Waals surface area (Å²) in [7, 11) is 0. The summed E-state index contributed by atoms with van der Waals surface area (Å²) in [4.78, 5) is 14.7. The molecule has 0 spiro atoms. The fourth-order valence-electron chi connectivity index (χ4n) is 2.62. The molecule has 3 rings (SSSR count). The van der Waals surface area contributed by atoms with E-state index in [4.69, 9.17) is 4.74 Å². The summed E-state index contributed by atoms with van der Waals surface area (Å²) in [6.07, 6.45) is 0. The van der Waals surface area contributed by atoms with E-state index in [0.717, 1.165) is 23.2 Å². The van der Waals surface area contributed by atoms with Crippen molar-refractivity contribution in [3.05, 3.63) is 57.8 Å². The average Bonchev–Trinajstić information content (AvgIpc) is 2.58. The lowest BCUT2D eigenvalue weighted by Gasteiger charge is -2.30. The van der Waals surface area contributed by atoms with Crippen molar-refractivity contribution in [3.63, 3.8) is 0 Å². The molecule has 1 amide bonds. The van der Waals surface area contributed by atoms with Crippen LogP contribution < -0.4 is 10.2 Å². The Morgan fingerprint density at radius 1 is 1.21 bits per heavy atom. The molecule has 24 heavy (non-hydrogen) atoms. The Morgan fingerprint density at radius 3 is 2.67 bits per heavy atom. The van der Waals surface area contributed by atoms with Crippen LogP contribution in [-0.2, 0) is 4.74 Å². The molecule has 2 aromatic rings. The van der Waals surface area contributed by atoms with Gasteiger partial charge in [0.2, 0.25) is 0 Å². The van der Waals surface area contributed by atoms with Crippen LogP contribution in [0.25, 0.3) is 0 Å². The van der Waals surface area contributed by atoms with Gasteiger partial charge in [-0.1, -0.05) is 22.0 Å². The molecule has 4 nitrogen and oxygen atoms in total. The number of anilines is 2. The molecule has 2 aromatic carbocycles. The van der Waals surface area contributed by atoms with Crippen molar-refractivity contribution in [3.8, 4) is 0 Å². The Kier molecular flexibility index (Phi) is 5.16. The molecule has 0 radical (unpaired) electrons. The van der Waals surface area contributed by atoms with Crippen molar-refractivity contribution in [1.82, 2.24) is 0 Å². The fraction of sp³-hybridized carbons (Fsp3) is 0.278. The molecule has 1 N–H and O–H groups in total. The second-order valence-electron chi connectivity index (χ2n) is 5.68. The number of morpholine rings is 1. The number of benzene rings is 2. The van der Waals surface area contributed by atoms with E-state index in [9.17, 15) is 9.18 Å². The van der Waals surface area contributed by atoms with Crippen LogP contribution in [0, 0.1) is 12.7 Å². The van der Waals surface area contributed by atoms with Gasteiger partial charge in [-0.25, -0.2) is 4.39 Å². The molecule has 1 heterocycles. The van der Waals surface area contributed by atoms with Crippen molar-refractivity contribution in [2.75, 3.05) is 36.5 Å². The predicted octanol–water partition coefficient (Wildman–Crippen LogP) is 3.99. The summed E-state index contributed by atoms with van der Waals surface area (Å²) < 4.78 is 19.9. The van der Waals surface area contributed by atoms with Gasteiger partial charge in [0.25, 0.3) is 5.91 Å². The Balaban J connectivity index is 1.86. The second kappa shape index (κ2) is 7.32. The zero-order valence-electron chi connectivity index (χ0n) is 13.3. The number of aryl methyl sites for hydroxylation is 1. The Morgan fingerprint density at radius 2 is 1.96 bits per heavy atom. The standard InChI is InChI=1S/C18H18BrFN2O2/c1-12-2-3-13(10-15(12)20)18(23)21-16-11-14(19)4-5-17(16)22-6-8-24-9-7-22/h2-5,10-11H,6-9H2,1H3,(H,21,23). The Labute approximate surface area is 148 Å². The summed E-state index contributed by atoms with van der Waals surface area (Å²) in [5, 5.41) is 2.89. The summed E-state index contributed by atoms with van der Waals surface area (Å²) in [6, 6.07) is 10.2. The first-order chi connectivity index (χ1) is 11.5. The summed E-state index contributed by atoms with van der Waals surface area (Å²) in [5.74, 6) is -0.716. The van der Waals surface area contributed by atoms with Crippen LogP contribution in [0.2, 0.25) is 0 Å². The average molecular weight is 393 g/mol. The lowest BCUT2D eigenvalue weighted by atomic mass is 10.1. The van der Waals surface area contributed by atoms with Crippen LogP contribution in [0.3, 0.4) is 0 Å². The van der Waals surface area contributed by atoms with Crippen LogP contribution in [-0.4, -0.2) is 32.2 Å². The van der Waals surface area contributed by atoms with E-state index >= 15 is 0 Å². The smallest absolute Gasteiger partial charge is 0.255 e. The van der Waals surface area contributed by atoms with Gasteiger partial charge in [-0.2, -0.15) is 0 Å². The molecule has 0 aliphatic carbocycles. The first-order valence-corrected chi connectivity index (χ1v) is 8.53. The van der Waals surface area contributed by atoms with E-state index < -0.39 is 0 Å². The number of rotatable bonds is 3. The summed E-state index contributed by atoms with van der Waals surface area (Å²) in [6.45, 7) is 4.52. The van der Waals surface area contributed by atoms with Gasteiger partial charge in [0, 0.05) is 23.1 Å². The zero-order valence-corrected chi connectivity index (χ0v) is 14.9. The lowest BCUT2D eigenvalue weighted by molar-refractivity contribution is 0.102. The largest absolute Gasteiger partial charge is 0.378 e. The van der Waals surface area contributed by atoms with Crippen molar-refractivity contribution < 1.29 is 13.9 Å². The lowest BCUT2D eigenvalue weighted by Crippen LogP contribution is -2.36. The van der Waals surface area contributed by atoms with Gasteiger partial charge in [0.1, 0.15) is 5.82 Å². The van der Waals surface area contributed by atoms with Crippen LogP contribution in [0.1, 0.15) is 15.9 Å². The molecule has 0 atom stereocenters. The number of nitrogens with zero attached hydrogens (tertiary/aromatic N) is 1. The van der Waals surface area contributed by atoms with Crippen molar-refractivity contribution in [2.45, 2.75) is 6.92 Å². The zero-order chi connectivity index (χ0) is 17.1. The van der Waals surface area contributed by atoms with Gasteiger partial charge in [-0.3, -0.25) is 4.79 Å². The maximum Gasteiger partial charge on any atom is 0.255 e. The fourth-order valence-corrected chi connectivity index (χ4v) is 2.98. The molecule has 0 aromatic heterocycles. The molecule has 1 fully saturated rings. The number of halogens is 2. The minimum atomic E-state index is -0.384. The molecular formula is C18H18BrFN2O2. The molecule has 1 saturated heterocycles. The monoisotopic (exact) mass is 392 g/mol. The van der Waals surface area contributed by atoms with E-state index in [-0.39, 0.29) is 11.7 Å². The molecule has 6 heteroatoms. The molecule has 0 unspecified atom stereocenters. The first kappa shape index (κ1) is 16.9. The van der Waals surface area contributed by atoms with E-state index in [2.05, 4.69) is 26.1 Å². The quantitative estimate of drug-likeness (QED) is 0.858. The summed E-state index contributed by atoms with van der Waals surface area (Å²) in [5.41, 5.74) is 2.44. The minimum absolute atomic E-state index is 0.297. The van der Waals surface area contributed by atoms with Gasteiger partial charge < -0.3 is 15.0 Å². The highest BCUT2D eigenvalue weighted by Gasteiger charge is 2.17. The number of carbonyl (C=O) groups is 1. The third-order valence-electron chi connectivity index (χ3n) is 3.99. The number of hydrogen-bond donors (Lipinski definition) is 1. The van der Waals surface area contributed by atoms with Crippen LogP contribution in [0.4, 0.5) is 15.8 Å². The Hall–Kier alpha value is -1.92. The van der Waals surface area contributed by atoms with Crippen molar-refractivity contribution in [1.29, 1.82) is 0 Å². The highest BCUT2D eigenvalue weighted by molar-refractivity contribution is 9.10. The molecular weight excluding hydrogens is 375 g/mol. The van der Waals surface area contributed by atoms with Crippen LogP contribution >= 0.6 is 15.9 Å². The third kappa shape index (κ3) is 3.76. The number of hydrogen-bond acceptors (Lipinski definition) is 3. The number of ether oxygens (including phenoxy) is 1. The first-order valence-electron chi connectivity index (χ1n) is 7.74. The predicted molar refractivity (Wildman–Crippen MR) is 96.3 cm³/mol. The van der Waals surface area contributed by atoms with Gasteiger partial charge in [-0.05, 0) is 42.8 Å². The number of nitrogens with one attached hydrogen (secondary N) is 1. The van der Waals surface area contributed by atoms with Gasteiger partial charge in [0.05, 0.1) is 24.6 Å². The highest BCUT2D eigenvalue weighted by Crippen LogP contribution is 2.30. The van der Waals surface area contributed by atoms with Crippen LogP contribution in [0.15, 0.2) is 40.9 Å². The normalized spacial score (nSPS) is 14.5. The summed E-state index contributed by atoms with van der Waals surface area (Å²) >= 11 is 3.43. The number of amides is 1. The van der Waals surface area contributed by atoms with Crippen molar-refractivity contribution >= 4 is 33.2 Å². The van der Waals surface area contributed by atoms with Gasteiger partial charge in [0.15, 0.2) is 0 Å². The maximum absolute atomic E-state index is 13.7. The minimum Gasteiger partial charge on any atom is -0.378 e. The van der Waals surface area contributed by atoms with Gasteiger partial charge >= 0.3 is 0 Å². The van der Waals surface area contributed by atoms with Crippen LogP contribution in [0.5, 0.6) is 0 Å². The molecule has 1 aliphatic rings. The Bertz CT molecular complexity index is 761. The van der Waals surface area contributed by atoms with E-state index in [1.807, 2.05) is 18.2 Å².